The Balaban J connectivity index is 2.15. The molecule has 1 aliphatic heterocycles. The van der Waals surface area contributed by atoms with E-state index in [0.717, 1.165) is 32.1 Å². The van der Waals surface area contributed by atoms with Crippen molar-refractivity contribution in [2.45, 2.75) is 58.5 Å². The van der Waals surface area contributed by atoms with Gasteiger partial charge < -0.3 is 9.84 Å². The predicted octanol–water partition coefficient (Wildman–Crippen LogP) is 2.52. The average molecular weight is 228 g/mol. The van der Waals surface area contributed by atoms with Gasteiger partial charge in [-0.3, -0.25) is 4.79 Å². The maximum Gasteiger partial charge on any atom is 0.309 e. The fraction of sp³-hybridized carbons (Fsp3) is 0.923. The van der Waals surface area contributed by atoms with Crippen molar-refractivity contribution in [1.82, 2.24) is 0 Å². The van der Waals surface area contributed by atoms with Gasteiger partial charge in [0, 0.05) is 0 Å². The molecule has 0 spiro atoms. The van der Waals surface area contributed by atoms with Gasteiger partial charge >= 0.3 is 5.97 Å². The van der Waals surface area contributed by atoms with Gasteiger partial charge in [-0.25, -0.2) is 0 Å². The van der Waals surface area contributed by atoms with Crippen molar-refractivity contribution in [2.24, 2.45) is 11.8 Å². The lowest BCUT2D eigenvalue weighted by molar-refractivity contribution is -0.141. The predicted molar refractivity (Wildman–Crippen MR) is 63.0 cm³/mol. The van der Waals surface area contributed by atoms with Gasteiger partial charge in [0.05, 0.1) is 18.1 Å². The molecule has 0 saturated carbocycles. The molecule has 1 heterocycles. The lowest BCUT2D eigenvalue weighted by Crippen LogP contribution is -2.18. The zero-order chi connectivity index (χ0) is 12.2. The third kappa shape index (κ3) is 4.97. The van der Waals surface area contributed by atoms with Gasteiger partial charge in [-0.15, -0.1) is 0 Å². The first-order chi connectivity index (χ1) is 7.38. The summed E-state index contributed by atoms with van der Waals surface area (Å²) in [5, 5.41) is 9.58. The highest BCUT2D eigenvalue weighted by molar-refractivity contribution is 5.74. The van der Waals surface area contributed by atoms with Crippen molar-refractivity contribution in [1.29, 1.82) is 0 Å². The van der Waals surface area contributed by atoms with Crippen molar-refractivity contribution in [3.63, 3.8) is 0 Å². The Kier molecular flexibility index (Phi) is 4.78. The Bertz CT molecular complexity index is 230. The van der Waals surface area contributed by atoms with Crippen molar-refractivity contribution in [3.05, 3.63) is 0 Å². The second-order valence-corrected chi connectivity index (χ2v) is 5.70. The molecule has 94 valence electrons. The van der Waals surface area contributed by atoms with Gasteiger partial charge in [0.2, 0.25) is 0 Å². The standard InChI is InChI=1S/C13H24O3/c1-10(5-4-7-13(2,3)15)9-11-6-8-16-12(11)14/h10-11,15H,4-9H2,1-3H3. The third-order valence-electron chi connectivity index (χ3n) is 3.22. The monoisotopic (exact) mass is 228 g/mol. The van der Waals surface area contributed by atoms with Gasteiger partial charge in [0.25, 0.3) is 0 Å². The zero-order valence-corrected chi connectivity index (χ0v) is 10.7. The van der Waals surface area contributed by atoms with Crippen LogP contribution in [0.15, 0.2) is 0 Å². The van der Waals surface area contributed by atoms with E-state index in [1.54, 1.807) is 0 Å². The topological polar surface area (TPSA) is 46.5 Å². The normalized spacial score (nSPS) is 23.2. The van der Waals surface area contributed by atoms with Crippen LogP contribution in [-0.4, -0.2) is 23.3 Å². The van der Waals surface area contributed by atoms with Crippen molar-refractivity contribution in [3.8, 4) is 0 Å². The van der Waals surface area contributed by atoms with Crippen LogP contribution in [0.25, 0.3) is 0 Å². The fourth-order valence-electron chi connectivity index (χ4n) is 2.24. The molecule has 2 unspecified atom stereocenters. The highest BCUT2D eigenvalue weighted by atomic mass is 16.5. The van der Waals surface area contributed by atoms with E-state index in [-0.39, 0.29) is 11.9 Å². The molecule has 0 aromatic carbocycles. The van der Waals surface area contributed by atoms with Gasteiger partial charge in [-0.1, -0.05) is 19.8 Å². The number of cyclic esters (lactones) is 1. The first-order valence-corrected chi connectivity index (χ1v) is 6.27. The van der Waals surface area contributed by atoms with E-state index >= 15 is 0 Å². The summed E-state index contributed by atoms with van der Waals surface area (Å²) in [7, 11) is 0. The second kappa shape index (κ2) is 5.67. The van der Waals surface area contributed by atoms with E-state index in [2.05, 4.69) is 6.92 Å². The number of hydrogen-bond donors (Lipinski definition) is 1. The van der Waals surface area contributed by atoms with Crippen LogP contribution in [0.4, 0.5) is 0 Å². The molecule has 0 radical (unpaired) electrons. The molecular formula is C13H24O3. The summed E-state index contributed by atoms with van der Waals surface area (Å²) >= 11 is 0. The zero-order valence-electron chi connectivity index (χ0n) is 10.7. The first-order valence-electron chi connectivity index (χ1n) is 6.27. The summed E-state index contributed by atoms with van der Waals surface area (Å²) < 4.78 is 4.95. The van der Waals surface area contributed by atoms with Crippen LogP contribution in [-0.2, 0) is 9.53 Å². The lowest BCUT2D eigenvalue weighted by Gasteiger charge is -2.19. The minimum absolute atomic E-state index is 0.0191. The van der Waals surface area contributed by atoms with Gasteiger partial charge in [-0.2, -0.15) is 0 Å². The Labute approximate surface area is 98.2 Å². The molecule has 1 saturated heterocycles. The van der Waals surface area contributed by atoms with Gasteiger partial charge in [0.1, 0.15) is 0 Å². The number of rotatable bonds is 6. The summed E-state index contributed by atoms with van der Waals surface area (Å²) in [6.07, 6.45) is 4.74. The second-order valence-electron chi connectivity index (χ2n) is 5.70. The molecule has 3 nitrogen and oxygen atoms in total. The molecule has 3 heteroatoms. The number of carbonyl (C=O) groups is 1. The molecule has 0 aliphatic carbocycles. The minimum Gasteiger partial charge on any atom is -0.465 e. The Morgan fingerprint density at radius 3 is 2.75 bits per heavy atom. The molecule has 1 fully saturated rings. The smallest absolute Gasteiger partial charge is 0.309 e. The molecular weight excluding hydrogens is 204 g/mol. The molecule has 0 bridgehead atoms. The minimum atomic E-state index is -0.563. The number of ether oxygens (including phenoxy) is 1. The summed E-state index contributed by atoms with van der Waals surface area (Å²) in [4.78, 5) is 11.3. The molecule has 1 N–H and O–H groups in total. The molecule has 2 atom stereocenters. The van der Waals surface area contributed by atoms with E-state index in [0.29, 0.717) is 12.5 Å². The quantitative estimate of drug-likeness (QED) is 0.711. The van der Waals surface area contributed by atoms with E-state index in [4.69, 9.17) is 4.74 Å². The molecule has 1 rings (SSSR count). The van der Waals surface area contributed by atoms with E-state index in [1.165, 1.54) is 0 Å². The van der Waals surface area contributed by atoms with E-state index in [9.17, 15) is 9.90 Å². The van der Waals surface area contributed by atoms with Crippen LogP contribution in [0.5, 0.6) is 0 Å². The van der Waals surface area contributed by atoms with Gasteiger partial charge in [0.15, 0.2) is 0 Å². The number of carbonyl (C=O) groups excluding carboxylic acids is 1. The molecule has 0 aromatic heterocycles. The molecule has 16 heavy (non-hydrogen) atoms. The van der Waals surface area contributed by atoms with Crippen LogP contribution in [0.1, 0.15) is 52.9 Å². The number of esters is 1. The van der Waals surface area contributed by atoms with Crippen molar-refractivity contribution >= 4 is 5.97 Å². The Hall–Kier alpha value is -0.570. The summed E-state index contributed by atoms with van der Waals surface area (Å²) in [5.74, 6) is 0.643. The first kappa shape index (κ1) is 13.5. The summed E-state index contributed by atoms with van der Waals surface area (Å²) in [6, 6.07) is 0. The van der Waals surface area contributed by atoms with Crippen molar-refractivity contribution in [2.75, 3.05) is 6.61 Å². The van der Waals surface area contributed by atoms with Gasteiger partial charge in [-0.05, 0) is 39.0 Å². The maximum atomic E-state index is 11.3. The van der Waals surface area contributed by atoms with E-state index < -0.39 is 5.60 Å². The van der Waals surface area contributed by atoms with Crippen LogP contribution in [0, 0.1) is 11.8 Å². The Morgan fingerprint density at radius 1 is 1.56 bits per heavy atom. The number of aliphatic hydroxyl groups is 1. The SMILES string of the molecule is CC(CCCC(C)(C)O)CC1CCOC1=O. The van der Waals surface area contributed by atoms with Crippen molar-refractivity contribution < 1.29 is 14.6 Å². The highest BCUT2D eigenvalue weighted by Gasteiger charge is 2.27. The molecule has 0 aromatic rings. The highest BCUT2D eigenvalue weighted by Crippen LogP contribution is 2.26. The van der Waals surface area contributed by atoms with E-state index in [1.807, 2.05) is 13.8 Å². The maximum absolute atomic E-state index is 11.3. The molecule has 1 aliphatic rings. The van der Waals surface area contributed by atoms with Crippen LogP contribution < -0.4 is 0 Å². The van der Waals surface area contributed by atoms with Crippen LogP contribution in [0.2, 0.25) is 0 Å². The van der Waals surface area contributed by atoms with Crippen LogP contribution in [0.3, 0.4) is 0 Å². The summed E-state index contributed by atoms with van der Waals surface area (Å²) in [6.45, 7) is 6.45. The fourth-order valence-corrected chi connectivity index (χ4v) is 2.24. The number of hydrogen-bond acceptors (Lipinski definition) is 3. The Morgan fingerprint density at radius 2 is 2.25 bits per heavy atom. The largest absolute Gasteiger partial charge is 0.465 e. The third-order valence-corrected chi connectivity index (χ3v) is 3.22. The van der Waals surface area contributed by atoms with Crippen LogP contribution >= 0.6 is 0 Å². The summed E-state index contributed by atoms with van der Waals surface area (Å²) in [5.41, 5.74) is -0.563. The lowest BCUT2D eigenvalue weighted by atomic mass is 9.89. The molecule has 0 amide bonds. The average Bonchev–Trinajstić information content (AvgIpc) is 2.49.